The molecule has 2 atom stereocenters. The van der Waals surface area contributed by atoms with Crippen molar-refractivity contribution in [2.24, 2.45) is 16.6 Å². The molecule has 0 bridgehead atoms. The lowest BCUT2D eigenvalue weighted by atomic mass is 9.87. The van der Waals surface area contributed by atoms with Crippen LogP contribution < -0.4 is 5.73 Å². The van der Waals surface area contributed by atoms with Crippen LogP contribution in [0.15, 0.2) is 4.52 Å². The van der Waals surface area contributed by atoms with Crippen molar-refractivity contribution in [2.75, 3.05) is 7.11 Å². The van der Waals surface area contributed by atoms with E-state index < -0.39 is 0 Å². The van der Waals surface area contributed by atoms with E-state index >= 15 is 0 Å². The van der Waals surface area contributed by atoms with Gasteiger partial charge in [-0.1, -0.05) is 46.7 Å². The first-order valence-electron chi connectivity index (χ1n) is 7.14. The van der Waals surface area contributed by atoms with Crippen molar-refractivity contribution in [3.63, 3.8) is 0 Å². The third-order valence-electron chi connectivity index (χ3n) is 3.05. The molecule has 0 spiro atoms. The lowest BCUT2D eigenvalue weighted by molar-refractivity contribution is 0.00718. The van der Waals surface area contributed by atoms with Crippen molar-refractivity contribution < 1.29 is 9.26 Å². The maximum absolute atomic E-state index is 6.14. The molecular formula is C15H29N3O2. The normalized spacial score (nSPS) is 16.2. The molecule has 5 heteroatoms. The van der Waals surface area contributed by atoms with Crippen LogP contribution in [-0.2, 0) is 11.2 Å². The van der Waals surface area contributed by atoms with Crippen LogP contribution in [0, 0.1) is 10.8 Å². The van der Waals surface area contributed by atoms with E-state index in [2.05, 4.69) is 51.7 Å². The van der Waals surface area contributed by atoms with Gasteiger partial charge in [0.2, 0.25) is 11.7 Å². The number of methoxy groups -OCH3 is 1. The van der Waals surface area contributed by atoms with Crippen LogP contribution in [-0.4, -0.2) is 23.3 Å². The highest BCUT2D eigenvalue weighted by Crippen LogP contribution is 2.33. The monoisotopic (exact) mass is 283 g/mol. The Hall–Kier alpha value is -0.940. The van der Waals surface area contributed by atoms with E-state index in [-0.39, 0.29) is 23.0 Å². The zero-order valence-electron chi connectivity index (χ0n) is 13.9. The van der Waals surface area contributed by atoms with Gasteiger partial charge in [0.1, 0.15) is 6.10 Å². The van der Waals surface area contributed by atoms with Crippen molar-refractivity contribution in [1.29, 1.82) is 0 Å². The fraction of sp³-hybridized carbons (Fsp3) is 0.867. The maximum Gasteiger partial charge on any atom is 0.228 e. The highest BCUT2D eigenvalue weighted by molar-refractivity contribution is 4.97. The molecule has 1 aromatic heterocycles. The minimum absolute atomic E-state index is 0.0268. The Bertz CT molecular complexity index is 415. The third kappa shape index (κ3) is 5.21. The minimum atomic E-state index is -0.182. The third-order valence-corrected chi connectivity index (χ3v) is 3.05. The summed E-state index contributed by atoms with van der Waals surface area (Å²) in [5, 5.41) is 4.04. The van der Waals surface area contributed by atoms with E-state index in [1.165, 1.54) is 0 Å². The summed E-state index contributed by atoms with van der Waals surface area (Å²) in [5.41, 5.74) is 6.25. The molecule has 0 fully saturated rings. The van der Waals surface area contributed by atoms with Gasteiger partial charge in [-0.15, -0.1) is 0 Å². The van der Waals surface area contributed by atoms with Gasteiger partial charge in [0.15, 0.2) is 0 Å². The molecule has 0 aliphatic rings. The lowest BCUT2D eigenvalue weighted by Crippen LogP contribution is -2.28. The molecular weight excluding hydrogens is 254 g/mol. The summed E-state index contributed by atoms with van der Waals surface area (Å²) < 4.78 is 10.8. The molecule has 0 saturated heterocycles. The van der Waals surface area contributed by atoms with E-state index in [1.54, 1.807) is 7.11 Å². The molecule has 1 aromatic rings. The van der Waals surface area contributed by atoms with Gasteiger partial charge in [-0.05, 0) is 17.3 Å². The number of hydrogen-bond acceptors (Lipinski definition) is 5. The van der Waals surface area contributed by atoms with Gasteiger partial charge in [-0.25, -0.2) is 0 Å². The van der Waals surface area contributed by atoms with Crippen LogP contribution >= 0.6 is 0 Å². The molecule has 0 radical (unpaired) electrons. The SMILES string of the molecule is COC(c1noc(CC(N)CC(C)(C)C)n1)C(C)(C)C. The largest absolute Gasteiger partial charge is 0.373 e. The Morgan fingerprint density at radius 1 is 1.20 bits per heavy atom. The summed E-state index contributed by atoms with van der Waals surface area (Å²) in [5.74, 6) is 1.18. The summed E-state index contributed by atoms with van der Waals surface area (Å²) in [6, 6.07) is 0.0268. The van der Waals surface area contributed by atoms with E-state index in [1.807, 2.05) is 0 Å². The molecule has 0 amide bonds. The Labute approximate surface area is 122 Å². The van der Waals surface area contributed by atoms with Gasteiger partial charge in [0, 0.05) is 19.6 Å². The zero-order chi connectivity index (χ0) is 15.6. The van der Waals surface area contributed by atoms with Crippen LogP contribution in [0.4, 0.5) is 0 Å². The number of nitrogens with zero attached hydrogens (tertiary/aromatic N) is 2. The topological polar surface area (TPSA) is 74.2 Å². The summed E-state index contributed by atoms with van der Waals surface area (Å²) in [4.78, 5) is 4.44. The van der Waals surface area contributed by atoms with E-state index in [0.29, 0.717) is 18.1 Å². The highest BCUT2D eigenvalue weighted by Gasteiger charge is 2.30. The molecule has 2 unspecified atom stereocenters. The first-order valence-corrected chi connectivity index (χ1v) is 7.14. The Morgan fingerprint density at radius 2 is 1.80 bits per heavy atom. The minimum Gasteiger partial charge on any atom is -0.373 e. The quantitative estimate of drug-likeness (QED) is 0.898. The fourth-order valence-corrected chi connectivity index (χ4v) is 2.39. The van der Waals surface area contributed by atoms with E-state index in [4.69, 9.17) is 15.0 Å². The number of hydrogen-bond donors (Lipinski definition) is 1. The summed E-state index contributed by atoms with van der Waals surface area (Å²) in [7, 11) is 1.66. The molecule has 0 aliphatic carbocycles. The molecule has 2 N–H and O–H groups in total. The Morgan fingerprint density at radius 3 is 2.25 bits per heavy atom. The smallest absolute Gasteiger partial charge is 0.228 e. The van der Waals surface area contributed by atoms with Crippen LogP contribution in [0.25, 0.3) is 0 Å². The number of nitrogens with two attached hydrogens (primary N) is 1. The van der Waals surface area contributed by atoms with Gasteiger partial charge < -0.3 is 15.0 Å². The number of rotatable bonds is 5. The van der Waals surface area contributed by atoms with Crippen molar-refractivity contribution in [2.45, 2.75) is 66.5 Å². The average molecular weight is 283 g/mol. The molecule has 0 saturated carbocycles. The van der Waals surface area contributed by atoms with Crippen molar-refractivity contribution >= 4 is 0 Å². The Kier molecular flexibility index (Phi) is 5.33. The average Bonchev–Trinajstić information content (AvgIpc) is 2.61. The first-order chi connectivity index (χ1) is 9.03. The second-order valence-electron chi connectivity index (χ2n) is 7.76. The summed E-state index contributed by atoms with van der Waals surface area (Å²) >= 11 is 0. The maximum atomic E-state index is 6.14. The van der Waals surface area contributed by atoms with Crippen molar-refractivity contribution in [3.05, 3.63) is 11.7 Å². The van der Waals surface area contributed by atoms with Gasteiger partial charge in [0.25, 0.3) is 0 Å². The van der Waals surface area contributed by atoms with Crippen LogP contribution in [0.5, 0.6) is 0 Å². The molecule has 0 aliphatic heterocycles. The number of aromatic nitrogens is 2. The summed E-state index contributed by atoms with van der Waals surface area (Å²) in [6.45, 7) is 12.8. The second-order valence-corrected chi connectivity index (χ2v) is 7.76. The van der Waals surface area contributed by atoms with Crippen molar-refractivity contribution in [1.82, 2.24) is 10.1 Å². The molecule has 1 heterocycles. The fourth-order valence-electron chi connectivity index (χ4n) is 2.39. The molecule has 116 valence electrons. The first kappa shape index (κ1) is 17.1. The van der Waals surface area contributed by atoms with Gasteiger partial charge in [-0.3, -0.25) is 0 Å². The highest BCUT2D eigenvalue weighted by atomic mass is 16.5. The molecule has 0 aromatic carbocycles. The van der Waals surface area contributed by atoms with Gasteiger partial charge in [-0.2, -0.15) is 4.98 Å². The zero-order valence-corrected chi connectivity index (χ0v) is 13.9. The summed E-state index contributed by atoms with van der Waals surface area (Å²) in [6.07, 6.45) is 1.33. The predicted molar refractivity (Wildman–Crippen MR) is 79.3 cm³/mol. The van der Waals surface area contributed by atoms with Crippen LogP contribution in [0.3, 0.4) is 0 Å². The van der Waals surface area contributed by atoms with Crippen molar-refractivity contribution in [3.8, 4) is 0 Å². The van der Waals surface area contributed by atoms with Crippen LogP contribution in [0.2, 0.25) is 0 Å². The van der Waals surface area contributed by atoms with Crippen LogP contribution in [0.1, 0.15) is 65.8 Å². The molecule has 20 heavy (non-hydrogen) atoms. The lowest BCUT2D eigenvalue weighted by Gasteiger charge is -2.26. The van der Waals surface area contributed by atoms with Gasteiger partial charge in [0.05, 0.1) is 0 Å². The van der Waals surface area contributed by atoms with E-state index in [0.717, 1.165) is 6.42 Å². The Balaban J connectivity index is 2.72. The van der Waals surface area contributed by atoms with E-state index in [9.17, 15) is 0 Å². The second kappa shape index (κ2) is 6.22. The predicted octanol–water partition coefficient (Wildman–Crippen LogP) is 3.11. The number of ether oxygens (including phenoxy) is 1. The van der Waals surface area contributed by atoms with Gasteiger partial charge >= 0.3 is 0 Å². The molecule has 1 rings (SSSR count). The standard InChI is InChI=1S/C15H29N3O2/c1-14(2,3)9-10(16)8-11-17-13(18-20-11)12(19-7)15(4,5)6/h10,12H,8-9,16H2,1-7H3. The molecule has 5 nitrogen and oxygen atoms in total.